The van der Waals surface area contributed by atoms with Crippen molar-refractivity contribution in [1.29, 1.82) is 0 Å². The molecule has 15 heavy (non-hydrogen) atoms. The first-order valence-corrected chi connectivity index (χ1v) is 6.35. The highest BCUT2D eigenvalue weighted by Gasteiger charge is 1.99. The van der Waals surface area contributed by atoms with Gasteiger partial charge in [0.15, 0.2) is 3.77 Å². The van der Waals surface area contributed by atoms with E-state index in [0.29, 0.717) is 6.54 Å². The van der Waals surface area contributed by atoms with Crippen LogP contribution in [0.3, 0.4) is 0 Å². The number of hydrogen-bond donors (Lipinski definition) is 1. The van der Waals surface area contributed by atoms with Crippen molar-refractivity contribution in [2.75, 3.05) is 5.32 Å². The van der Waals surface area contributed by atoms with E-state index in [1.165, 1.54) is 0 Å². The lowest BCUT2D eigenvalue weighted by molar-refractivity contribution is 0.493. The lowest BCUT2D eigenvalue weighted by Gasteiger charge is -2.04. The van der Waals surface area contributed by atoms with Gasteiger partial charge in [0, 0.05) is 10.2 Å². The number of hydrogen-bond acceptors (Lipinski definition) is 2. The van der Waals surface area contributed by atoms with Gasteiger partial charge in [-0.2, -0.15) is 0 Å². The predicted octanol–water partition coefficient (Wildman–Crippen LogP) is 4.26. The maximum atomic E-state index is 5.45. The van der Waals surface area contributed by atoms with Crippen molar-refractivity contribution in [1.82, 2.24) is 0 Å². The molecule has 0 spiro atoms. The van der Waals surface area contributed by atoms with Crippen molar-refractivity contribution in [3.63, 3.8) is 0 Å². The molecule has 78 valence electrons. The Morgan fingerprint density at radius 2 is 2.13 bits per heavy atom. The molecule has 0 saturated heterocycles. The van der Waals surface area contributed by atoms with Gasteiger partial charge in [0.25, 0.3) is 0 Å². The van der Waals surface area contributed by atoms with Crippen molar-refractivity contribution in [2.45, 2.75) is 6.54 Å². The van der Waals surface area contributed by atoms with Crippen LogP contribution in [0.1, 0.15) is 5.76 Å². The summed E-state index contributed by atoms with van der Waals surface area (Å²) in [6.45, 7) is 0.708. The van der Waals surface area contributed by atoms with E-state index in [9.17, 15) is 0 Å². The second-order valence-corrected chi connectivity index (χ2v) is 5.05. The average Bonchev–Trinajstić information content (AvgIpc) is 2.62. The molecule has 1 N–H and O–H groups in total. The summed E-state index contributed by atoms with van der Waals surface area (Å²) in [5.41, 5.74) is 1.08. The fourth-order valence-corrected chi connectivity index (χ4v) is 2.10. The van der Waals surface area contributed by atoms with E-state index in [2.05, 4.69) is 43.8 Å². The van der Waals surface area contributed by atoms with Crippen molar-refractivity contribution in [3.05, 3.63) is 50.4 Å². The minimum absolute atomic E-state index is 0.708. The predicted molar refractivity (Wildman–Crippen MR) is 72.9 cm³/mol. The van der Waals surface area contributed by atoms with Crippen molar-refractivity contribution in [3.8, 4) is 0 Å². The van der Waals surface area contributed by atoms with E-state index in [-0.39, 0.29) is 0 Å². The normalized spacial score (nSPS) is 10.3. The molecule has 4 heteroatoms. The second-order valence-electron chi connectivity index (χ2n) is 3.07. The molecule has 0 aliphatic heterocycles. The molecule has 0 amide bonds. The highest BCUT2D eigenvalue weighted by atomic mass is 127. The molecule has 0 saturated carbocycles. The summed E-state index contributed by atoms with van der Waals surface area (Å²) < 4.78 is 7.43. The topological polar surface area (TPSA) is 25.2 Å². The van der Waals surface area contributed by atoms with Gasteiger partial charge in [0.2, 0.25) is 0 Å². The summed E-state index contributed by atoms with van der Waals surface area (Å²) in [5, 5.41) is 3.29. The van der Waals surface area contributed by atoms with Gasteiger partial charge >= 0.3 is 0 Å². The summed E-state index contributed by atoms with van der Waals surface area (Å²) in [7, 11) is 0. The van der Waals surface area contributed by atoms with Crippen LogP contribution in [0.15, 0.2) is 45.3 Å². The number of rotatable bonds is 3. The maximum absolute atomic E-state index is 5.45. The van der Waals surface area contributed by atoms with Crippen LogP contribution >= 0.6 is 38.5 Å². The Morgan fingerprint density at radius 3 is 2.80 bits per heavy atom. The zero-order valence-electron chi connectivity index (χ0n) is 7.84. The van der Waals surface area contributed by atoms with E-state index in [1.807, 2.05) is 36.4 Å². The van der Waals surface area contributed by atoms with Gasteiger partial charge in [-0.15, -0.1) is 0 Å². The molecule has 1 heterocycles. The van der Waals surface area contributed by atoms with E-state index in [0.717, 1.165) is 19.7 Å². The number of halogens is 2. The molecule has 0 aliphatic carbocycles. The summed E-state index contributed by atoms with van der Waals surface area (Å²) in [6.07, 6.45) is 0. The molecule has 0 radical (unpaired) electrons. The van der Waals surface area contributed by atoms with Crippen LogP contribution in [0.2, 0.25) is 0 Å². The summed E-state index contributed by atoms with van der Waals surface area (Å²) >= 11 is 5.59. The van der Waals surface area contributed by atoms with Crippen LogP contribution in [-0.2, 0) is 6.54 Å². The molecule has 0 fully saturated rings. The quantitative estimate of drug-likeness (QED) is 0.808. The Hall–Kier alpha value is -0.490. The van der Waals surface area contributed by atoms with Crippen molar-refractivity contribution < 1.29 is 4.42 Å². The van der Waals surface area contributed by atoms with E-state index in [1.54, 1.807) is 0 Å². The SMILES string of the molecule is Brc1cccc(NCc2ccc(I)o2)c1. The standard InChI is InChI=1S/C11H9BrINO/c12-8-2-1-3-9(6-8)14-7-10-4-5-11(13)15-10/h1-6,14H,7H2. The third-order valence-electron chi connectivity index (χ3n) is 1.92. The zero-order valence-corrected chi connectivity index (χ0v) is 11.6. The fraction of sp³-hybridized carbons (Fsp3) is 0.0909. The molecule has 2 rings (SSSR count). The molecule has 1 aromatic heterocycles. The number of anilines is 1. The molecule has 1 aromatic carbocycles. The van der Waals surface area contributed by atoms with Gasteiger partial charge < -0.3 is 9.73 Å². The minimum Gasteiger partial charge on any atom is -0.454 e. The average molecular weight is 378 g/mol. The molecule has 0 unspecified atom stereocenters. The van der Waals surface area contributed by atoms with Crippen LogP contribution < -0.4 is 5.32 Å². The Kier molecular flexibility index (Phi) is 3.69. The summed E-state index contributed by atoms with van der Waals surface area (Å²) in [5.74, 6) is 0.944. The third-order valence-corrected chi connectivity index (χ3v) is 2.99. The maximum Gasteiger partial charge on any atom is 0.164 e. The second kappa shape index (κ2) is 5.03. The molecule has 0 aliphatic rings. The number of benzene rings is 1. The van der Waals surface area contributed by atoms with Gasteiger partial charge in [0.1, 0.15) is 5.76 Å². The van der Waals surface area contributed by atoms with Gasteiger partial charge in [0.05, 0.1) is 6.54 Å². The van der Waals surface area contributed by atoms with Gasteiger partial charge in [-0.1, -0.05) is 22.0 Å². The smallest absolute Gasteiger partial charge is 0.164 e. The van der Waals surface area contributed by atoms with E-state index in [4.69, 9.17) is 4.42 Å². The Balaban J connectivity index is 1.99. The lowest BCUT2D eigenvalue weighted by Crippen LogP contribution is -1.97. The Labute approximate surface area is 110 Å². The van der Waals surface area contributed by atoms with Gasteiger partial charge in [-0.3, -0.25) is 0 Å². The van der Waals surface area contributed by atoms with Gasteiger partial charge in [-0.05, 0) is 52.9 Å². The lowest BCUT2D eigenvalue weighted by atomic mass is 10.3. The number of nitrogens with one attached hydrogen (secondary N) is 1. The molecule has 0 atom stereocenters. The monoisotopic (exact) mass is 377 g/mol. The first kappa shape index (κ1) is 11.0. The molecule has 0 bridgehead atoms. The highest BCUT2D eigenvalue weighted by molar-refractivity contribution is 14.1. The Bertz CT molecular complexity index is 455. The van der Waals surface area contributed by atoms with E-state index >= 15 is 0 Å². The Morgan fingerprint density at radius 1 is 1.27 bits per heavy atom. The molecule has 2 nitrogen and oxygen atoms in total. The van der Waals surface area contributed by atoms with Crippen molar-refractivity contribution in [2.24, 2.45) is 0 Å². The van der Waals surface area contributed by atoms with Crippen LogP contribution in [-0.4, -0.2) is 0 Å². The summed E-state index contributed by atoms with van der Waals surface area (Å²) in [6, 6.07) is 12.0. The van der Waals surface area contributed by atoms with Crippen LogP contribution in [0.4, 0.5) is 5.69 Å². The zero-order chi connectivity index (χ0) is 10.7. The highest BCUT2D eigenvalue weighted by Crippen LogP contribution is 2.17. The molecular formula is C11H9BrINO. The van der Waals surface area contributed by atoms with Crippen LogP contribution in [0.5, 0.6) is 0 Å². The van der Waals surface area contributed by atoms with Crippen LogP contribution in [0.25, 0.3) is 0 Å². The first-order valence-electron chi connectivity index (χ1n) is 4.48. The van der Waals surface area contributed by atoms with Gasteiger partial charge in [-0.25, -0.2) is 0 Å². The fourth-order valence-electron chi connectivity index (χ4n) is 1.23. The molecular weight excluding hydrogens is 369 g/mol. The number of furan rings is 1. The largest absolute Gasteiger partial charge is 0.454 e. The van der Waals surface area contributed by atoms with E-state index < -0.39 is 0 Å². The molecule has 2 aromatic rings. The third kappa shape index (κ3) is 3.24. The van der Waals surface area contributed by atoms with Crippen molar-refractivity contribution >= 4 is 44.2 Å². The summed E-state index contributed by atoms with van der Waals surface area (Å²) in [4.78, 5) is 0. The first-order chi connectivity index (χ1) is 7.24. The minimum atomic E-state index is 0.708. The van der Waals surface area contributed by atoms with Crippen LogP contribution in [0, 0.1) is 3.77 Å².